The molecule has 3 aromatic rings. The number of benzene rings is 2. The van der Waals surface area contributed by atoms with E-state index in [2.05, 4.69) is 15.5 Å². The molecular weight excluding hydrogens is 372 g/mol. The Morgan fingerprint density at radius 2 is 1.81 bits per heavy atom. The van der Waals surface area contributed by atoms with E-state index in [1.165, 1.54) is 36.0 Å². The Labute approximate surface area is 155 Å². The molecule has 0 N–H and O–H groups in total. The van der Waals surface area contributed by atoms with Crippen molar-refractivity contribution < 1.29 is 13.2 Å². The van der Waals surface area contributed by atoms with Crippen molar-refractivity contribution in [3.05, 3.63) is 59.7 Å². The number of para-hydroxylation sites is 1. The zero-order chi connectivity index (χ0) is 18.7. The van der Waals surface area contributed by atoms with E-state index < -0.39 is 9.84 Å². The van der Waals surface area contributed by atoms with Crippen molar-refractivity contribution in [2.75, 3.05) is 12.0 Å². The first-order valence-electron chi connectivity index (χ1n) is 7.67. The van der Waals surface area contributed by atoms with Gasteiger partial charge < -0.3 is 0 Å². The van der Waals surface area contributed by atoms with Crippen LogP contribution >= 0.6 is 11.8 Å². The van der Waals surface area contributed by atoms with Gasteiger partial charge in [0.15, 0.2) is 15.6 Å². The molecule has 0 radical (unpaired) electrons. The van der Waals surface area contributed by atoms with E-state index in [0.717, 1.165) is 17.5 Å². The van der Waals surface area contributed by atoms with Crippen LogP contribution in [0.4, 0.5) is 0 Å². The van der Waals surface area contributed by atoms with E-state index in [9.17, 15) is 13.2 Å². The predicted molar refractivity (Wildman–Crippen MR) is 98.5 cm³/mol. The van der Waals surface area contributed by atoms with Crippen LogP contribution in [-0.4, -0.2) is 46.4 Å². The molecule has 134 valence electrons. The van der Waals surface area contributed by atoms with Gasteiger partial charge in [-0.05, 0) is 41.1 Å². The maximum Gasteiger partial charge on any atom is 0.214 e. The maximum absolute atomic E-state index is 12.4. The minimum absolute atomic E-state index is 0.130. The van der Waals surface area contributed by atoms with E-state index in [4.69, 9.17) is 0 Å². The van der Waals surface area contributed by atoms with Crippen molar-refractivity contribution in [3.63, 3.8) is 0 Å². The molecule has 0 bridgehead atoms. The molecule has 0 saturated carbocycles. The van der Waals surface area contributed by atoms with E-state index in [-0.39, 0.29) is 16.4 Å². The lowest BCUT2D eigenvalue weighted by molar-refractivity contribution is 0.102. The Morgan fingerprint density at radius 3 is 2.46 bits per heavy atom. The molecule has 0 atom stereocenters. The quantitative estimate of drug-likeness (QED) is 0.472. The van der Waals surface area contributed by atoms with Gasteiger partial charge in [0, 0.05) is 11.8 Å². The summed E-state index contributed by atoms with van der Waals surface area (Å²) in [5.41, 5.74) is 2.31. The van der Waals surface area contributed by atoms with Crippen molar-refractivity contribution in [1.29, 1.82) is 0 Å². The molecular formula is C17H16N4O3S2. The number of aryl methyl sites for hydroxylation is 1. The first-order valence-corrected chi connectivity index (χ1v) is 10.5. The molecule has 3 rings (SSSR count). The molecule has 9 heteroatoms. The van der Waals surface area contributed by atoms with E-state index >= 15 is 0 Å². The molecule has 0 amide bonds. The third kappa shape index (κ3) is 4.00. The van der Waals surface area contributed by atoms with Gasteiger partial charge in [0.2, 0.25) is 5.16 Å². The zero-order valence-electron chi connectivity index (χ0n) is 14.2. The molecule has 1 heterocycles. The van der Waals surface area contributed by atoms with Crippen molar-refractivity contribution in [2.24, 2.45) is 0 Å². The molecule has 0 spiro atoms. The predicted octanol–water partition coefficient (Wildman–Crippen LogP) is 2.35. The number of rotatable bonds is 6. The van der Waals surface area contributed by atoms with Crippen LogP contribution < -0.4 is 0 Å². The van der Waals surface area contributed by atoms with Crippen molar-refractivity contribution >= 4 is 27.4 Å². The van der Waals surface area contributed by atoms with Crippen molar-refractivity contribution in [2.45, 2.75) is 17.0 Å². The van der Waals surface area contributed by atoms with E-state index in [1.54, 1.807) is 4.68 Å². The highest BCUT2D eigenvalue weighted by Crippen LogP contribution is 2.21. The number of carbonyl (C=O) groups excluding carboxylic acids is 1. The van der Waals surface area contributed by atoms with Gasteiger partial charge in [0.05, 0.1) is 16.3 Å². The summed E-state index contributed by atoms with van der Waals surface area (Å²) in [6.07, 6.45) is 1.13. The largest absolute Gasteiger partial charge is 0.293 e. The van der Waals surface area contributed by atoms with Crippen LogP contribution in [0.25, 0.3) is 5.69 Å². The topological polar surface area (TPSA) is 94.8 Å². The van der Waals surface area contributed by atoms with Crippen LogP contribution in [0.3, 0.4) is 0 Å². The van der Waals surface area contributed by atoms with Gasteiger partial charge in [0.25, 0.3) is 0 Å². The summed E-state index contributed by atoms with van der Waals surface area (Å²) in [5, 5.41) is 12.2. The minimum atomic E-state index is -3.28. The normalized spacial score (nSPS) is 11.5. The zero-order valence-corrected chi connectivity index (χ0v) is 15.8. The van der Waals surface area contributed by atoms with Gasteiger partial charge in [-0.3, -0.25) is 4.79 Å². The van der Waals surface area contributed by atoms with Gasteiger partial charge in [-0.2, -0.15) is 4.68 Å². The SMILES string of the molecule is Cc1ccccc1-n1nnnc1SCC(=O)c1ccc(S(C)(=O)=O)cc1. The van der Waals surface area contributed by atoms with Crippen LogP contribution in [0.2, 0.25) is 0 Å². The van der Waals surface area contributed by atoms with Crippen LogP contribution in [0.15, 0.2) is 58.6 Å². The Bertz CT molecular complexity index is 1040. The average molecular weight is 388 g/mol. The molecule has 26 heavy (non-hydrogen) atoms. The Morgan fingerprint density at radius 1 is 1.12 bits per heavy atom. The Kier molecular flexibility index (Phi) is 5.19. The highest BCUT2D eigenvalue weighted by molar-refractivity contribution is 7.99. The number of aromatic nitrogens is 4. The highest BCUT2D eigenvalue weighted by atomic mass is 32.2. The van der Waals surface area contributed by atoms with Crippen LogP contribution in [0.1, 0.15) is 15.9 Å². The standard InChI is InChI=1S/C17H16N4O3S2/c1-12-5-3-4-6-15(12)21-17(18-19-20-21)25-11-16(22)13-7-9-14(10-8-13)26(2,23)24/h3-10H,11H2,1-2H3. The fourth-order valence-corrected chi connectivity index (χ4v) is 3.73. The second kappa shape index (κ2) is 7.38. The third-order valence-electron chi connectivity index (χ3n) is 3.72. The summed E-state index contributed by atoms with van der Waals surface area (Å²) < 4.78 is 24.6. The van der Waals surface area contributed by atoms with Crippen LogP contribution in [0, 0.1) is 6.92 Å². The fourth-order valence-electron chi connectivity index (χ4n) is 2.32. The smallest absolute Gasteiger partial charge is 0.214 e. The Hall–Kier alpha value is -2.52. The first-order chi connectivity index (χ1) is 12.4. The molecule has 0 aliphatic rings. The van der Waals surface area contributed by atoms with Gasteiger partial charge in [0.1, 0.15) is 0 Å². The summed E-state index contributed by atoms with van der Waals surface area (Å²) in [6.45, 7) is 1.96. The molecule has 0 aliphatic carbocycles. The number of hydrogen-bond acceptors (Lipinski definition) is 7. The number of tetrazole rings is 1. The van der Waals surface area contributed by atoms with Gasteiger partial charge in [-0.15, -0.1) is 5.10 Å². The summed E-state index contributed by atoms with van der Waals surface area (Å²) in [4.78, 5) is 12.6. The van der Waals surface area contributed by atoms with E-state index in [0.29, 0.717) is 10.7 Å². The number of Topliss-reactive ketones (excluding diaryl/α,β-unsaturated/α-hetero) is 1. The van der Waals surface area contributed by atoms with Crippen LogP contribution in [-0.2, 0) is 9.84 Å². The average Bonchev–Trinajstić information content (AvgIpc) is 3.08. The molecule has 7 nitrogen and oxygen atoms in total. The lowest BCUT2D eigenvalue weighted by atomic mass is 10.1. The number of sulfone groups is 1. The number of carbonyl (C=O) groups is 1. The van der Waals surface area contributed by atoms with Crippen molar-refractivity contribution in [3.8, 4) is 5.69 Å². The molecule has 0 unspecified atom stereocenters. The summed E-state index contributed by atoms with van der Waals surface area (Å²) >= 11 is 1.23. The second-order valence-corrected chi connectivity index (χ2v) is 8.63. The number of nitrogens with zero attached hydrogens (tertiary/aromatic N) is 4. The number of ketones is 1. The number of thioether (sulfide) groups is 1. The molecule has 0 aliphatic heterocycles. The highest BCUT2D eigenvalue weighted by Gasteiger charge is 2.14. The summed E-state index contributed by atoms with van der Waals surface area (Å²) in [7, 11) is -3.28. The molecule has 0 fully saturated rings. The summed E-state index contributed by atoms with van der Waals surface area (Å²) in [5.74, 6) is 0.0131. The number of hydrogen-bond donors (Lipinski definition) is 0. The molecule has 2 aromatic carbocycles. The Balaban J connectivity index is 1.73. The fraction of sp³-hybridized carbons (Fsp3) is 0.176. The molecule has 0 saturated heterocycles. The minimum Gasteiger partial charge on any atom is -0.293 e. The van der Waals surface area contributed by atoms with Gasteiger partial charge in [-0.25, -0.2) is 8.42 Å². The monoisotopic (exact) mass is 388 g/mol. The van der Waals surface area contributed by atoms with Crippen LogP contribution in [0.5, 0.6) is 0 Å². The second-order valence-electron chi connectivity index (χ2n) is 5.67. The lowest BCUT2D eigenvalue weighted by Crippen LogP contribution is -2.06. The van der Waals surface area contributed by atoms with Gasteiger partial charge in [-0.1, -0.05) is 42.1 Å². The lowest BCUT2D eigenvalue weighted by Gasteiger charge is -2.07. The summed E-state index contributed by atoms with van der Waals surface area (Å²) in [6, 6.07) is 13.6. The first kappa shape index (κ1) is 18.3. The third-order valence-corrected chi connectivity index (χ3v) is 5.77. The van der Waals surface area contributed by atoms with E-state index in [1.807, 2.05) is 31.2 Å². The van der Waals surface area contributed by atoms with Gasteiger partial charge >= 0.3 is 0 Å². The maximum atomic E-state index is 12.4. The van der Waals surface area contributed by atoms with Crippen molar-refractivity contribution in [1.82, 2.24) is 20.2 Å². The molecule has 1 aromatic heterocycles.